The van der Waals surface area contributed by atoms with E-state index in [1.807, 2.05) is 31.7 Å². The average Bonchev–Trinajstić information content (AvgIpc) is 2.25. The maximum absolute atomic E-state index is 11.3. The van der Waals surface area contributed by atoms with Gasteiger partial charge in [0.2, 0.25) is 0 Å². The maximum atomic E-state index is 11.3. The fourth-order valence-corrected chi connectivity index (χ4v) is 1.33. The molecule has 1 rings (SSSR count). The van der Waals surface area contributed by atoms with Crippen molar-refractivity contribution in [2.24, 2.45) is 0 Å². The van der Waals surface area contributed by atoms with Gasteiger partial charge >= 0.3 is 5.97 Å². The van der Waals surface area contributed by atoms with Gasteiger partial charge in [-0.25, -0.2) is 9.97 Å². The summed E-state index contributed by atoms with van der Waals surface area (Å²) >= 11 is 0. The van der Waals surface area contributed by atoms with Crippen LogP contribution >= 0.6 is 0 Å². The highest BCUT2D eigenvalue weighted by Gasteiger charge is 2.16. The topological polar surface area (TPSA) is 55.3 Å². The SMILES string of the molecule is COC(=O)CN(c1cc(C)ncn1)C(C)C. The number of rotatable bonds is 4. The van der Waals surface area contributed by atoms with Crippen molar-refractivity contribution in [3.63, 3.8) is 0 Å². The summed E-state index contributed by atoms with van der Waals surface area (Å²) in [4.78, 5) is 21.3. The van der Waals surface area contributed by atoms with E-state index in [4.69, 9.17) is 0 Å². The highest BCUT2D eigenvalue weighted by atomic mass is 16.5. The van der Waals surface area contributed by atoms with Crippen LogP contribution in [0.25, 0.3) is 0 Å². The van der Waals surface area contributed by atoms with Gasteiger partial charge in [0, 0.05) is 17.8 Å². The summed E-state index contributed by atoms with van der Waals surface area (Å²) in [5.74, 6) is 0.470. The number of aromatic nitrogens is 2. The van der Waals surface area contributed by atoms with E-state index in [0.717, 1.165) is 11.5 Å². The lowest BCUT2D eigenvalue weighted by atomic mass is 10.3. The molecule has 1 aromatic rings. The zero-order valence-electron chi connectivity index (χ0n) is 10.1. The van der Waals surface area contributed by atoms with Crippen molar-refractivity contribution in [1.82, 2.24) is 9.97 Å². The number of nitrogens with zero attached hydrogens (tertiary/aromatic N) is 3. The Bertz CT molecular complexity index is 366. The molecule has 0 atom stereocenters. The van der Waals surface area contributed by atoms with Gasteiger partial charge in [-0.1, -0.05) is 0 Å². The maximum Gasteiger partial charge on any atom is 0.325 e. The molecule has 5 nitrogen and oxygen atoms in total. The third-order valence-electron chi connectivity index (χ3n) is 2.23. The molecule has 0 aliphatic heterocycles. The summed E-state index contributed by atoms with van der Waals surface area (Å²) in [5.41, 5.74) is 0.875. The molecule has 0 aromatic carbocycles. The third-order valence-corrected chi connectivity index (χ3v) is 2.23. The average molecular weight is 223 g/mol. The molecule has 1 aromatic heterocycles. The van der Waals surface area contributed by atoms with Crippen LogP contribution in [0.4, 0.5) is 5.82 Å². The van der Waals surface area contributed by atoms with Crippen LogP contribution in [-0.2, 0) is 9.53 Å². The third kappa shape index (κ3) is 3.18. The van der Waals surface area contributed by atoms with E-state index < -0.39 is 0 Å². The van der Waals surface area contributed by atoms with Gasteiger partial charge in [-0.2, -0.15) is 0 Å². The minimum atomic E-state index is -0.273. The molecule has 16 heavy (non-hydrogen) atoms. The second-order valence-corrected chi connectivity index (χ2v) is 3.82. The van der Waals surface area contributed by atoms with Gasteiger partial charge in [-0.05, 0) is 20.8 Å². The lowest BCUT2D eigenvalue weighted by molar-refractivity contribution is -0.139. The molecule has 0 N–H and O–H groups in total. The van der Waals surface area contributed by atoms with Crippen LogP contribution in [0.2, 0.25) is 0 Å². The van der Waals surface area contributed by atoms with Gasteiger partial charge in [-0.15, -0.1) is 0 Å². The Kier molecular flexibility index (Phi) is 4.22. The van der Waals surface area contributed by atoms with Crippen LogP contribution in [0, 0.1) is 6.92 Å². The Morgan fingerprint density at radius 1 is 1.50 bits per heavy atom. The predicted molar refractivity (Wildman–Crippen MR) is 61.3 cm³/mol. The first-order chi connectivity index (χ1) is 7.54. The Morgan fingerprint density at radius 2 is 2.19 bits per heavy atom. The minimum Gasteiger partial charge on any atom is -0.468 e. The lowest BCUT2D eigenvalue weighted by Gasteiger charge is -2.26. The Hall–Kier alpha value is -1.65. The summed E-state index contributed by atoms with van der Waals surface area (Å²) in [6, 6.07) is 2.02. The van der Waals surface area contributed by atoms with Crippen molar-refractivity contribution in [2.75, 3.05) is 18.6 Å². The number of aryl methyl sites for hydroxylation is 1. The Morgan fingerprint density at radius 3 is 2.69 bits per heavy atom. The van der Waals surface area contributed by atoms with E-state index in [1.165, 1.54) is 13.4 Å². The lowest BCUT2D eigenvalue weighted by Crippen LogP contribution is -2.36. The Labute approximate surface area is 95.5 Å². The van der Waals surface area contributed by atoms with E-state index in [2.05, 4.69) is 14.7 Å². The minimum absolute atomic E-state index is 0.174. The standard InChI is InChI=1S/C11H17N3O2/c1-8(2)14(6-11(15)16-4)10-5-9(3)12-7-13-10/h5,7-8H,6H2,1-4H3. The van der Waals surface area contributed by atoms with Crippen molar-refractivity contribution >= 4 is 11.8 Å². The zero-order chi connectivity index (χ0) is 12.1. The van der Waals surface area contributed by atoms with Gasteiger partial charge in [0.15, 0.2) is 0 Å². The number of carbonyl (C=O) groups is 1. The largest absolute Gasteiger partial charge is 0.468 e. The molecule has 0 saturated heterocycles. The quantitative estimate of drug-likeness (QED) is 0.717. The van der Waals surface area contributed by atoms with Crippen LogP contribution in [0.15, 0.2) is 12.4 Å². The van der Waals surface area contributed by atoms with Gasteiger partial charge < -0.3 is 9.64 Å². The van der Waals surface area contributed by atoms with Crippen molar-refractivity contribution in [2.45, 2.75) is 26.8 Å². The van der Waals surface area contributed by atoms with Gasteiger partial charge in [0.05, 0.1) is 7.11 Å². The summed E-state index contributed by atoms with van der Waals surface area (Å²) in [6.07, 6.45) is 1.50. The van der Waals surface area contributed by atoms with Crippen molar-refractivity contribution in [1.29, 1.82) is 0 Å². The van der Waals surface area contributed by atoms with Gasteiger partial charge in [0.25, 0.3) is 0 Å². The van der Waals surface area contributed by atoms with E-state index in [9.17, 15) is 4.79 Å². The second-order valence-electron chi connectivity index (χ2n) is 3.82. The first-order valence-electron chi connectivity index (χ1n) is 5.16. The van der Waals surface area contributed by atoms with E-state index >= 15 is 0 Å². The van der Waals surface area contributed by atoms with Crippen molar-refractivity contribution in [3.8, 4) is 0 Å². The van der Waals surface area contributed by atoms with Crippen LogP contribution in [0.5, 0.6) is 0 Å². The molecule has 0 bridgehead atoms. The van der Waals surface area contributed by atoms with Crippen LogP contribution < -0.4 is 4.90 Å². The van der Waals surface area contributed by atoms with Crippen molar-refractivity contribution < 1.29 is 9.53 Å². The van der Waals surface area contributed by atoms with Crippen LogP contribution in [0.1, 0.15) is 19.5 Å². The van der Waals surface area contributed by atoms with Gasteiger partial charge in [0.1, 0.15) is 18.7 Å². The summed E-state index contributed by atoms with van der Waals surface area (Å²) in [6.45, 7) is 6.09. The molecule has 0 fully saturated rings. The van der Waals surface area contributed by atoms with Crippen LogP contribution in [0.3, 0.4) is 0 Å². The number of carbonyl (C=O) groups excluding carboxylic acids is 1. The first kappa shape index (κ1) is 12.4. The van der Waals surface area contributed by atoms with Gasteiger partial charge in [-0.3, -0.25) is 4.79 Å². The number of esters is 1. The molecule has 0 radical (unpaired) electrons. The highest BCUT2D eigenvalue weighted by molar-refractivity contribution is 5.75. The molecule has 0 aliphatic rings. The molecule has 1 heterocycles. The molecule has 0 aliphatic carbocycles. The second kappa shape index (κ2) is 5.44. The first-order valence-corrected chi connectivity index (χ1v) is 5.16. The normalized spacial score (nSPS) is 10.3. The Balaban J connectivity index is 2.89. The number of anilines is 1. The molecule has 0 unspecified atom stereocenters. The summed E-state index contributed by atoms with van der Waals surface area (Å²) in [5, 5.41) is 0. The monoisotopic (exact) mass is 223 g/mol. The molecule has 5 heteroatoms. The molecular weight excluding hydrogens is 206 g/mol. The highest BCUT2D eigenvalue weighted by Crippen LogP contribution is 2.13. The number of methoxy groups -OCH3 is 1. The van der Waals surface area contributed by atoms with Crippen LogP contribution in [-0.4, -0.2) is 35.6 Å². The molecular formula is C11H17N3O2. The summed E-state index contributed by atoms with van der Waals surface area (Å²) < 4.78 is 4.66. The van der Waals surface area contributed by atoms with E-state index in [1.54, 1.807) is 0 Å². The number of ether oxygens (including phenoxy) is 1. The number of hydrogen-bond donors (Lipinski definition) is 0. The van der Waals surface area contributed by atoms with E-state index in [-0.39, 0.29) is 18.6 Å². The summed E-state index contributed by atoms with van der Waals surface area (Å²) in [7, 11) is 1.38. The van der Waals surface area contributed by atoms with Crippen molar-refractivity contribution in [3.05, 3.63) is 18.1 Å². The fraction of sp³-hybridized carbons (Fsp3) is 0.545. The zero-order valence-corrected chi connectivity index (χ0v) is 10.1. The van der Waals surface area contributed by atoms with E-state index in [0.29, 0.717) is 0 Å². The molecule has 0 saturated carbocycles. The smallest absolute Gasteiger partial charge is 0.325 e. The number of hydrogen-bond acceptors (Lipinski definition) is 5. The molecule has 0 amide bonds. The molecule has 0 spiro atoms. The fourth-order valence-electron chi connectivity index (χ4n) is 1.33. The predicted octanol–water partition coefficient (Wildman–Crippen LogP) is 1.17. The molecule has 88 valence electrons.